The predicted molar refractivity (Wildman–Crippen MR) is 46.2 cm³/mol. The van der Waals surface area contributed by atoms with Gasteiger partial charge in [0.15, 0.2) is 0 Å². The molecule has 0 saturated heterocycles. The molecular weight excluding hydrogens is 176 g/mol. The Morgan fingerprint density at radius 1 is 0.917 bits per heavy atom. The van der Waals surface area contributed by atoms with E-state index < -0.39 is 10.8 Å². The maximum absolute atomic E-state index is 11.6. The number of aliphatic hydroxyl groups is 2. The van der Waals surface area contributed by atoms with Gasteiger partial charge in [-0.15, -0.1) is 0 Å². The minimum atomic E-state index is -0.797. The summed E-state index contributed by atoms with van der Waals surface area (Å²) in [6, 6.07) is 0. The van der Waals surface area contributed by atoms with Crippen molar-refractivity contribution in [2.45, 2.75) is 48.4 Å². The summed E-state index contributed by atoms with van der Waals surface area (Å²) in [5.41, 5.74) is 0. The molecule has 0 aromatic heterocycles. The lowest BCUT2D eigenvalue weighted by molar-refractivity contribution is 0.0897. The van der Waals surface area contributed by atoms with Gasteiger partial charge < -0.3 is 10.2 Å². The Kier molecular flexibility index (Phi) is 2.23. The average molecular weight is 190 g/mol. The van der Waals surface area contributed by atoms with Crippen LogP contribution >= 0.6 is 0 Å². The third kappa shape index (κ3) is 1.43. The molecular formula is C8H14O3S. The second kappa shape index (κ2) is 3.09. The van der Waals surface area contributed by atoms with E-state index in [9.17, 15) is 4.21 Å². The number of hydrogen-bond donors (Lipinski definition) is 2. The van der Waals surface area contributed by atoms with E-state index in [0.717, 1.165) is 0 Å². The fraction of sp³-hybridized carbons (Fsp3) is 1.00. The van der Waals surface area contributed by atoms with E-state index in [1.54, 1.807) is 0 Å². The minimum Gasteiger partial charge on any atom is -0.393 e. The molecule has 4 heteroatoms. The lowest BCUT2D eigenvalue weighted by Gasteiger charge is -2.38. The first-order chi connectivity index (χ1) is 5.66. The van der Waals surface area contributed by atoms with Crippen molar-refractivity contribution >= 4 is 10.8 Å². The zero-order chi connectivity index (χ0) is 8.72. The first-order valence-electron chi connectivity index (χ1n) is 4.42. The maximum Gasteiger partial charge on any atom is 0.0563 e. The van der Waals surface area contributed by atoms with Crippen LogP contribution in [0.3, 0.4) is 0 Å². The van der Waals surface area contributed by atoms with Gasteiger partial charge in [-0.25, -0.2) is 0 Å². The molecule has 0 unspecified atom stereocenters. The molecule has 2 fully saturated rings. The highest BCUT2D eigenvalue weighted by atomic mass is 32.2. The van der Waals surface area contributed by atoms with Crippen molar-refractivity contribution in [3.05, 3.63) is 0 Å². The quantitative estimate of drug-likeness (QED) is 0.633. The van der Waals surface area contributed by atoms with E-state index in [2.05, 4.69) is 0 Å². The van der Waals surface area contributed by atoms with Crippen LogP contribution < -0.4 is 0 Å². The molecule has 0 aromatic carbocycles. The summed E-state index contributed by atoms with van der Waals surface area (Å²) in [6.45, 7) is 0. The number of aliphatic hydroxyl groups excluding tert-OH is 2. The Morgan fingerprint density at radius 3 is 1.50 bits per heavy atom. The molecule has 0 spiro atoms. The molecule has 0 radical (unpaired) electrons. The normalized spacial score (nSPS) is 49.2. The predicted octanol–water partition coefficient (Wildman–Crippen LogP) is -0.218. The van der Waals surface area contributed by atoms with Crippen LogP contribution in [0.1, 0.15) is 25.7 Å². The van der Waals surface area contributed by atoms with Gasteiger partial charge in [0.05, 0.1) is 12.2 Å². The van der Waals surface area contributed by atoms with Crippen LogP contribution in [-0.4, -0.2) is 37.1 Å². The van der Waals surface area contributed by atoms with Crippen molar-refractivity contribution in [1.82, 2.24) is 0 Å². The third-order valence-corrected chi connectivity index (χ3v) is 4.88. The highest BCUT2D eigenvalue weighted by Gasteiger charge is 2.40. The fourth-order valence-electron chi connectivity index (χ4n) is 1.73. The fourth-order valence-corrected chi connectivity index (χ4v) is 3.92. The molecule has 2 rings (SSSR count). The van der Waals surface area contributed by atoms with Crippen LogP contribution in [0.5, 0.6) is 0 Å². The summed E-state index contributed by atoms with van der Waals surface area (Å²) in [5.74, 6) is 0. The number of rotatable bonds is 2. The molecule has 0 bridgehead atoms. The van der Waals surface area contributed by atoms with Gasteiger partial charge in [0, 0.05) is 21.3 Å². The number of hydrogen-bond acceptors (Lipinski definition) is 3. The summed E-state index contributed by atoms with van der Waals surface area (Å²) in [5, 5.41) is 18.4. The van der Waals surface area contributed by atoms with Gasteiger partial charge in [-0.1, -0.05) is 0 Å². The monoisotopic (exact) mass is 190 g/mol. The van der Waals surface area contributed by atoms with E-state index in [4.69, 9.17) is 10.2 Å². The summed E-state index contributed by atoms with van der Waals surface area (Å²) in [4.78, 5) is 0. The van der Waals surface area contributed by atoms with Crippen LogP contribution in [0.25, 0.3) is 0 Å². The first kappa shape index (κ1) is 8.66. The lowest BCUT2D eigenvalue weighted by Crippen LogP contribution is -2.45. The molecule has 2 saturated carbocycles. The lowest BCUT2D eigenvalue weighted by atomic mass is 9.95. The SMILES string of the molecule is O=S(C1CC(O)C1)C1CC(O)C1. The van der Waals surface area contributed by atoms with Crippen LogP contribution in [0, 0.1) is 0 Å². The third-order valence-electron chi connectivity index (χ3n) is 2.80. The maximum atomic E-state index is 11.6. The molecule has 12 heavy (non-hydrogen) atoms. The second-order valence-electron chi connectivity index (χ2n) is 3.82. The minimum absolute atomic E-state index is 0.206. The van der Waals surface area contributed by atoms with Crippen molar-refractivity contribution in [3.8, 4) is 0 Å². The largest absolute Gasteiger partial charge is 0.393 e. The smallest absolute Gasteiger partial charge is 0.0563 e. The zero-order valence-electron chi connectivity index (χ0n) is 6.85. The van der Waals surface area contributed by atoms with Gasteiger partial charge >= 0.3 is 0 Å². The molecule has 0 amide bonds. The van der Waals surface area contributed by atoms with Gasteiger partial charge in [0.1, 0.15) is 0 Å². The second-order valence-corrected chi connectivity index (χ2v) is 5.81. The van der Waals surface area contributed by atoms with Crippen LogP contribution in [-0.2, 0) is 10.8 Å². The van der Waals surface area contributed by atoms with Crippen molar-refractivity contribution < 1.29 is 14.4 Å². The van der Waals surface area contributed by atoms with E-state index >= 15 is 0 Å². The molecule has 70 valence electrons. The van der Waals surface area contributed by atoms with Crippen molar-refractivity contribution in [1.29, 1.82) is 0 Å². The van der Waals surface area contributed by atoms with Gasteiger partial charge in [0.2, 0.25) is 0 Å². The summed E-state index contributed by atoms with van der Waals surface area (Å²) in [6.07, 6.45) is 2.34. The van der Waals surface area contributed by atoms with E-state index in [1.165, 1.54) is 0 Å². The van der Waals surface area contributed by atoms with Crippen molar-refractivity contribution in [3.63, 3.8) is 0 Å². The molecule has 0 atom stereocenters. The van der Waals surface area contributed by atoms with Crippen LogP contribution in [0.2, 0.25) is 0 Å². The van der Waals surface area contributed by atoms with Gasteiger partial charge in [-0.05, 0) is 25.7 Å². The summed E-state index contributed by atoms with van der Waals surface area (Å²) in [7, 11) is -0.797. The Labute approximate surface area is 74.2 Å². The van der Waals surface area contributed by atoms with E-state index in [0.29, 0.717) is 25.7 Å². The highest BCUT2D eigenvalue weighted by molar-refractivity contribution is 7.86. The first-order valence-corrected chi connectivity index (χ1v) is 5.70. The molecule has 2 aliphatic rings. The van der Waals surface area contributed by atoms with Crippen molar-refractivity contribution in [2.24, 2.45) is 0 Å². The molecule has 0 heterocycles. The molecule has 3 nitrogen and oxygen atoms in total. The van der Waals surface area contributed by atoms with E-state index in [1.807, 2.05) is 0 Å². The topological polar surface area (TPSA) is 57.5 Å². The van der Waals surface area contributed by atoms with Crippen LogP contribution in [0.4, 0.5) is 0 Å². The molecule has 0 aromatic rings. The summed E-state index contributed by atoms with van der Waals surface area (Å²) >= 11 is 0. The standard InChI is InChI=1S/C8H14O3S/c9-5-1-7(2-5)12(11)8-3-6(10)4-8/h5-10H,1-4H2. The zero-order valence-corrected chi connectivity index (χ0v) is 7.67. The van der Waals surface area contributed by atoms with Crippen LogP contribution in [0.15, 0.2) is 0 Å². The summed E-state index contributed by atoms with van der Waals surface area (Å²) < 4.78 is 11.6. The molecule has 2 N–H and O–H groups in total. The Balaban J connectivity index is 1.78. The Bertz CT molecular complexity index is 174. The average Bonchev–Trinajstić information content (AvgIpc) is 1.91. The van der Waals surface area contributed by atoms with Gasteiger partial charge in [-0.3, -0.25) is 4.21 Å². The Hall–Kier alpha value is 0.0700. The van der Waals surface area contributed by atoms with Gasteiger partial charge in [0.25, 0.3) is 0 Å². The van der Waals surface area contributed by atoms with Crippen molar-refractivity contribution in [2.75, 3.05) is 0 Å². The Morgan fingerprint density at radius 2 is 1.25 bits per heavy atom. The highest BCUT2D eigenvalue weighted by Crippen LogP contribution is 2.33. The van der Waals surface area contributed by atoms with Gasteiger partial charge in [-0.2, -0.15) is 0 Å². The molecule has 2 aliphatic carbocycles. The van der Waals surface area contributed by atoms with E-state index in [-0.39, 0.29) is 22.7 Å². The molecule has 0 aliphatic heterocycles.